The van der Waals surface area contributed by atoms with Crippen LogP contribution in [-0.2, 0) is 17.6 Å². The van der Waals surface area contributed by atoms with Gasteiger partial charge in [0.15, 0.2) is 0 Å². The summed E-state index contributed by atoms with van der Waals surface area (Å²) in [5, 5.41) is 3.44. The predicted molar refractivity (Wildman–Crippen MR) is 94.2 cm³/mol. The van der Waals surface area contributed by atoms with Gasteiger partial charge in [-0.3, -0.25) is 4.79 Å². The molecular weight excluding hydrogens is 286 g/mol. The predicted octanol–water partition coefficient (Wildman–Crippen LogP) is 2.81. The first-order valence-corrected chi connectivity index (χ1v) is 9.07. The number of hydrogen-bond acceptors (Lipinski definition) is 3. The molecule has 1 aromatic rings. The Labute approximate surface area is 138 Å². The Balaban J connectivity index is 1.73. The van der Waals surface area contributed by atoms with E-state index in [2.05, 4.69) is 34.3 Å². The lowest BCUT2D eigenvalue weighted by Crippen LogP contribution is -2.53. The molecule has 0 bridgehead atoms. The standard InChI is InChI=1S/C19H27N3O/c1-13-19(23)22(16-7-9-21(2)10-8-16)18-12-15-6-4-3-5-14(15)11-17(18)20-13/h11-13,16,20H,3-10H2,1-2H3. The lowest BCUT2D eigenvalue weighted by Gasteiger charge is -2.42. The fourth-order valence-electron chi connectivity index (χ4n) is 4.34. The molecule has 1 saturated heterocycles. The van der Waals surface area contributed by atoms with Gasteiger partial charge in [0, 0.05) is 6.04 Å². The number of amides is 1. The molecule has 4 rings (SSSR count). The van der Waals surface area contributed by atoms with Crippen LogP contribution < -0.4 is 10.2 Å². The van der Waals surface area contributed by atoms with Crippen LogP contribution in [0.3, 0.4) is 0 Å². The number of fused-ring (bicyclic) bond motifs is 2. The summed E-state index contributed by atoms with van der Waals surface area (Å²) < 4.78 is 0. The van der Waals surface area contributed by atoms with Crippen LogP contribution in [0.25, 0.3) is 0 Å². The zero-order chi connectivity index (χ0) is 16.0. The first-order valence-electron chi connectivity index (χ1n) is 9.07. The normalized spacial score (nSPS) is 25.7. The summed E-state index contributed by atoms with van der Waals surface area (Å²) in [6.07, 6.45) is 7.06. The zero-order valence-electron chi connectivity index (χ0n) is 14.3. The van der Waals surface area contributed by atoms with Gasteiger partial charge in [-0.25, -0.2) is 0 Å². The number of aryl methyl sites for hydroxylation is 2. The largest absolute Gasteiger partial charge is 0.372 e. The number of rotatable bonds is 1. The Morgan fingerprint density at radius 1 is 1.09 bits per heavy atom. The number of benzene rings is 1. The van der Waals surface area contributed by atoms with Crippen molar-refractivity contribution in [3.63, 3.8) is 0 Å². The summed E-state index contributed by atoms with van der Waals surface area (Å²) in [5.41, 5.74) is 5.23. The quantitative estimate of drug-likeness (QED) is 0.866. The monoisotopic (exact) mass is 313 g/mol. The second kappa shape index (κ2) is 5.82. The van der Waals surface area contributed by atoms with E-state index in [1.165, 1.54) is 30.4 Å². The van der Waals surface area contributed by atoms with E-state index in [9.17, 15) is 4.79 Å². The molecule has 0 radical (unpaired) electrons. The fourth-order valence-corrected chi connectivity index (χ4v) is 4.34. The van der Waals surface area contributed by atoms with Gasteiger partial charge in [0.2, 0.25) is 5.91 Å². The Hall–Kier alpha value is -1.55. The van der Waals surface area contributed by atoms with Gasteiger partial charge < -0.3 is 15.1 Å². The van der Waals surface area contributed by atoms with Gasteiger partial charge in [-0.05, 0) is 88.8 Å². The third-order valence-electron chi connectivity index (χ3n) is 5.75. The summed E-state index contributed by atoms with van der Waals surface area (Å²) in [7, 11) is 2.17. The van der Waals surface area contributed by atoms with E-state index >= 15 is 0 Å². The Morgan fingerprint density at radius 3 is 2.43 bits per heavy atom. The Kier molecular flexibility index (Phi) is 3.80. The first kappa shape index (κ1) is 15.0. The Bertz CT molecular complexity index is 619. The van der Waals surface area contributed by atoms with Crippen molar-refractivity contribution >= 4 is 17.3 Å². The summed E-state index contributed by atoms with van der Waals surface area (Å²) in [4.78, 5) is 17.4. The van der Waals surface area contributed by atoms with Crippen molar-refractivity contribution in [3.05, 3.63) is 23.3 Å². The highest BCUT2D eigenvalue weighted by molar-refractivity contribution is 6.05. The smallest absolute Gasteiger partial charge is 0.249 e. The van der Waals surface area contributed by atoms with Crippen molar-refractivity contribution in [1.29, 1.82) is 0 Å². The molecule has 4 heteroatoms. The average Bonchev–Trinajstić information content (AvgIpc) is 2.56. The van der Waals surface area contributed by atoms with Crippen LogP contribution in [0.5, 0.6) is 0 Å². The minimum Gasteiger partial charge on any atom is -0.372 e. The Morgan fingerprint density at radius 2 is 1.74 bits per heavy atom. The van der Waals surface area contributed by atoms with Gasteiger partial charge in [-0.2, -0.15) is 0 Å². The van der Waals surface area contributed by atoms with E-state index in [0.29, 0.717) is 6.04 Å². The van der Waals surface area contributed by atoms with Crippen LogP contribution >= 0.6 is 0 Å². The number of hydrogen-bond donors (Lipinski definition) is 1. The molecule has 4 nitrogen and oxygen atoms in total. The van der Waals surface area contributed by atoms with Crippen molar-refractivity contribution in [2.45, 2.75) is 57.5 Å². The number of nitrogens with zero attached hydrogens (tertiary/aromatic N) is 2. The van der Waals surface area contributed by atoms with Crippen LogP contribution in [0.15, 0.2) is 12.1 Å². The van der Waals surface area contributed by atoms with Gasteiger partial charge >= 0.3 is 0 Å². The minimum atomic E-state index is -0.121. The van der Waals surface area contributed by atoms with Crippen molar-refractivity contribution in [3.8, 4) is 0 Å². The molecule has 1 unspecified atom stereocenters. The SMILES string of the molecule is CC1Nc2cc3c(cc2N(C2CCN(C)CC2)C1=O)CCCC3. The summed E-state index contributed by atoms with van der Waals surface area (Å²) in [6.45, 7) is 4.15. The van der Waals surface area contributed by atoms with Crippen LogP contribution in [0.4, 0.5) is 11.4 Å². The number of piperidine rings is 1. The van der Waals surface area contributed by atoms with E-state index in [4.69, 9.17) is 0 Å². The molecule has 0 aromatic heterocycles. The molecule has 2 aliphatic heterocycles. The molecule has 1 fully saturated rings. The van der Waals surface area contributed by atoms with E-state index < -0.39 is 0 Å². The van der Waals surface area contributed by atoms with Crippen LogP contribution in [-0.4, -0.2) is 43.0 Å². The van der Waals surface area contributed by atoms with Gasteiger partial charge in [-0.1, -0.05) is 0 Å². The molecule has 1 aromatic carbocycles. The number of carbonyl (C=O) groups excluding carboxylic acids is 1. The third-order valence-corrected chi connectivity index (χ3v) is 5.75. The molecule has 0 saturated carbocycles. The molecule has 23 heavy (non-hydrogen) atoms. The van der Waals surface area contributed by atoms with Crippen molar-refractivity contribution < 1.29 is 4.79 Å². The molecular formula is C19H27N3O. The minimum absolute atomic E-state index is 0.121. The second-order valence-corrected chi connectivity index (χ2v) is 7.45. The number of nitrogens with one attached hydrogen (secondary N) is 1. The van der Waals surface area contributed by atoms with Crippen molar-refractivity contribution in [1.82, 2.24) is 4.90 Å². The van der Waals surface area contributed by atoms with Crippen LogP contribution in [0.1, 0.15) is 43.7 Å². The molecule has 2 heterocycles. The highest BCUT2D eigenvalue weighted by atomic mass is 16.2. The van der Waals surface area contributed by atoms with E-state index in [-0.39, 0.29) is 11.9 Å². The highest BCUT2D eigenvalue weighted by Crippen LogP contribution is 2.39. The van der Waals surface area contributed by atoms with Gasteiger partial charge in [0.05, 0.1) is 11.4 Å². The van der Waals surface area contributed by atoms with Crippen LogP contribution in [0.2, 0.25) is 0 Å². The summed E-state index contributed by atoms with van der Waals surface area (Å²) in [5.74, 6) is 0.239. The maximum atomic E-state index is 12.9. The van der Waals surface area contributed by atoms with Gasteiger partial charge in [0.1, 0.15) is 6.04 Å². The highest BCUT2D eigenvalue weighted by Gasteiger charge is 2.36. The lowest BCUT2D eigenvalue weighted by molar-refractivity contribution is -0.119. The van der Waals surface area contributed by atoms with E-state index in [1.807, 2.05) is 6.92 Å². The molecule has 3 aliphatic rings. The number of carbonyl (C=O) groups is 1. The zero-order valence-corrected chi connectivity index (χ0v) is 14.3. The number of anilines is 2. The van der Waals surface area contributed by atoms with Crippen molar-refractivity contribution in [2.75, 3.05) is 30.4 Å². The maximum absolute atomic E-state index is 12.9. The molecule has 0 spiro atoms. The van der Waals surface area contributed by atoms with E-state index in [1.54, 1.807) is 0 Å². The lowest BCUT2D eigenvalue weighted by atomic mass is 9.89. The third kappa shape index (κ3) is 2.63. The first-order chi connectivity index (χ1) is 11.1. The van der Waals surface area contributed by atoms with Crippen molar-refractivity contribution in [2.24, 2.45) is 0 Å². The summed E-state index contributed by atoms with van der Waals surface area (Å²) in [6, 6.07) is 4.85. The summed E-state index contributed by atoms with van der Waals surface area (Å²) >= 11 is 0. The van der Waals surface area contributed by atoms with Crippen LogP contribution in [0, 0.1) is 0 Å². The average molecular weight is 313 g/mol. The van der Waals surface area contributed by atoms with Gasteiger partial charge in [-0.15, -0.1) is 0 Å². The second-order valence-electron chi connectivity index (χ2n) is 7.45. The molecule has 1 amide bonds. The molecule has 1 atom stereocenters. The van der Waals surface area contributed by atoms with E-state index in [0.717, 1.165) is 43.7 Å². The molecule has 1 N–H and O–H groups in total. The fraction of sp³-hybridized carbons (Fsp3) is 0.632. The topological polar surface area (TPSA) is 35.6 Å². The molecule has 124 valence electrons. The number of likely N-dealkylation sites (tertiary alicyclic amines) is 1. The van der Waals surface area contributed by atoms with Gasteiger partial charge in [0.25, 0.3) is 0 Å². The maximum Gasteiger partial charge on any atom is 0.249 e. The molecule has 1 aliphatic carbocycles.